The van der Waals surface area contributed by atoms with Gasteiger partial charge in [0.25, 0.3) is 5.91 Å². The van der Waals surface area contributed by atoms with Gasteiger partial charge in [-0.05, 0) is 31.0 Å². The average molecular weight is 353 g/mol. The zero-order chi connectivity index (χ0) is 18.3. The largest absolute Gasteiger partial charge is 0.361 e. The number of aromatic amines is 1. The summed E-state index contributed by atoms with van der Waals surface area (Å²) >= 11 is 0. The number of carbonyl (C=O) groups is 1. The van der Waals surface area contributed by atoms with Gasteiger partial charge in [-0.25, -0.2) is 0 Å². The molecule has 7 nitrogen and oxygen atoms in total. The van der Waals surface area contributed by atoms with Gasteiger partial charge in [0, 0.05) is 31.8 Å². The number of aromatic nitrogens is 4. The Kier molecular flexibility index (Phi) is 4.14. The molecule has 0 aliphatic carbocycles. The van der Waals surface area contributed by atoms with Crippen molar-refractivity contribution >= 4 is 5.91 Å². The van der Waals surface area contributed by atoms with Gasteiger partial charge in [-0.2, -0.15) is 5.10 Å². The number of carbonyl (C=O) groups excluding carboxylic acids is 1. The third kappa shape index (κ3) is 2.83. The number of nitrogens with one attached hydrogen (secondary N) is 1. The number of rotatable bonds is 4. The lowest BCUT2D eigenvalue weighted by Gasteiger charge is -2.22. The van der Waals surface area contributed by atoms with Gasteiger partial charge in [-0.15, -0.1) is 0 Å². The van der Waals surface area contributed by atoms with Crippen molar-refractivity contribution in [2.75, 3.05) is 6.54 Å². The maximum Gasteiger partial charge on any atom is 0.272 e. The number of likely N-dealkylation sites (tertiary alicyclic amines) is 1. The van der Waals surface area contributed by atoms with Crippen LogP contribution in [0.4, 0.5) is 0 Å². The van der Waals surface area contributed by atoms with E-state index in [4.69, 9.17) is 4.52 Å². The number of hydrogen-bond acceptors (Lipinski definition) is 4. The molecule has 1 fully saturated rings. The first-order valence-corrected chi connectivity index (χ1v) is 8.99. The van der Waals surface area contributed by atoms with Crippen molar-refractivity contribution in [1.29, 1.82) is 0 Å². The van der Waals surface area contributed by atoms with Crippen LogP contribution in [0.15, 0.2) is 35.0 Å². The molecule has 7 heteroatoms. The molecule has 0 bridgehead atoms. The molecule has 3 aromatic heterocycles. The molecule has 1 aliphatic rings. The van der Waals surface area contributed by atoms with E-state index in [-0.39, 0.29) is 17.9 Å². The van der Waals surface area contributed by atoms with E-state index in [9.17, 15) is 4.79 Å². The van der Waals surface area contributed by atoms with Crippen molar-refractivity contribution in [3.63, 3.8) is 0 Å². The predicted molar refractivity (Wildman–Crippen MR) is 96.6 cm³/mol. The van der Waals surface area contributed by atoms with Crippen LogP contribution in [-0.2, 0) is 7.05 Å². The first-order valence-electron chi connectivity index (χ1n) is 8.99. The summed E-state index contributed by atoms with van der Waals surface area (Å²) in [5, 5.41) is 11.4. The highest BCUT2D eigenvalue weighted by Gasteiger charge is 2.33. The Morgan fingerprint density at radius 1 is 1.38 bits per heavy atom. The smallest absolute Gasteiger partial charge is 0.272 e. The van der Waals surface area contributed by atoms with E-state index in [0.29, 0.717) is 12.2 Å². The standard InChI is InChI=1S/C19H23N5O2/c1-12(2)18-11-14(22-26-18)17-7-5-9-24(17)19(25)15-10-13(20-21-15)16-6-4-8-23(16)3/h4,6,8,10-12,17H,5,7,9H2,1-3H3,(H,20,21)/t17-/m0/s1. The van der Waals surface area contributed by atoms with Crippen LogP contribution in [-0.4, -0.2) is 37.3 Å². The van der Waals surface area contributed by atoms with Crippen LogP contribution in [0.3, 0.4) is 0 Å². The molecule has 1 atom stereocenters. The van der Waals surface area contributed by atoms with E-state index < -0.39 is 0 Å². The lowest BCUT2D eigenvalue weighted by molar-refractivity contribution is 0.0724. The first-order chi connectivity index (χ1) is 12.5. The Morgan fingerprint density at radius 3 is 2.92 bits per heavy atom. The predicted octanol–water partition coefficient (Wildman–Crippen LogP) is 3.50. The minimum absolute atomic E-state index is 0.0412. The third-order valence-electron chi connectivity index (χ3n) is 4.99. The number of nitrogens with zero attached hydrogens (tertiary/aromatic N) is 4. The number of H-pyrrole nitrogens is 1. The minimum Gasteiger partial charge on any atom is -0.361 e. The van der Waals surface area contributed by atoms with Crippen molar-refractivity contribution < 1.29 is 9.32 Å². The molecule has 1 amide bonds. The molecule has 4 rings (SSSR count). The van der Waals surface area contributed by atoms with Crippen molar-refractivity contribution in [3.8, 4) is 11.4 Å². The highest BCUT2D eigenvalue weighted by Crippen LogP contribution is 2.34. The normalized spacial score (nSPS) is 17.4. The molecule has 3 aromatic rings. The summed E-state index contributed by atoms with van der Waals surface area (Å²) < 4.78 is 7.41. The molecule has 1 aliphatic heterocycles. The van der Waals surface area contributed by atoms with E-state index in [1.54, 1.807) is 0 Å². The quantitative estimate of drug-likeness (QED) is 0.778. The van der Waals surface area contributed by atoms with Crippen LogP contribution in [0.5, 0.6) is 0 Å². The number of aryl methyl sites for hydroxylation is 1. The van der Waals surface area contributed by atoms with Crippen LogP contribution in [0.1, 0.15) is 60.6 Å². The zero-order valence-corrected chi connectivity index (χ0v) is 15.3. The van der Waals surface area contributed by atoms with Crippen molar-refractivity contribution in [2.24, 2.45) is 7.05 Å². The molecule has 1 N–H and O–H groups in total. The Morgan fingerprint density at radius 2 is 2.23 bits per heavy atom. The Balaban J connectivity index is 1.57. The zero-order valence-electron chi connectivity index (χ0n) is 15.3. The first kappa shape index (κ1) is 16.6. The second kappa shape index (κ2) is 6.48. The van der Waals surface area contributed by atoms with E-state index in [0.717, 1.165) is 35.7 Å². The summed E-state index contributed by atoms with van der Waals surface area (Å²) in [5.74, 6) is 1.09. The molecule has 0 aromatic carbocycles. The summed E-state index contributed by atoms with van der Waals surface area (Å²) in [6, 6.07) is 7.68. The maximum absolute atomic E-state index is 13.0. The van der Waals surface area contributed by atoms with Crippen LogP contribution >= 0.6 is 0 Å². The summed E-state index contributed by atoms with van der Waals surface area (Å²) in [5.41, 5.74) is 3.07. The molecule has 4 heterocycles. The van der Waals surface area contributed by atoms with Gasteiger partial charge in [0.2, 0.25) is 0 Å². The maximum atomic E-state index is 13.0. The average Bonchev–Trinajstić information content (AvgIpc) is 3.38. The van der Waals surface area contributed by atoms with Crippen LogP contribution in [0.2, 0.25) is 0 Å². The molecule has 0 unspecified atom stereocenters. The molecular weight excluding hydrogens is 330 g/mol. The molecule has 136 valence electrons. The SMILES string of the molecule is CC(C)c1cc([C@@H]2CCCN2C(=O)c2cc(-c3cccn3C)n[nH]2)no1. The van der Waals surface area contributed by atoms with Crippen molar-refractivity contribution in [1.82, 2.24) is 24.8 Å². The van der Waals surface area contributed by atoms with E-state index in [2.05, 4.69) is 29.2 Å². The van der Waals surface area contributed by atoms with Gasteiger partial charge in [0.05, 0.1) is 11.7 Å². The summed E-state index contributed by atoms with van der Waals surface area (Å²) in [6.07, 6.45) is 3.81. The Bertz CT molecular complexity index is 920. The Hall–Kier alpha value is -2.83. The fourth-order valence-electron chi connectivity index (χ4n) is 3.49. The van der Waals surface area contributed by atoms with Gasteiger partial charge in [-0.3, -0.25) is 9.89 Å². The molecule has 1 saturated heterocycles. The highest BCUT2D eigenvalue weighted by atomic mass is 16.5. The lowest BCUT2D eigenvalue weighted by Crippen LogP contribution is -2.31. The minimum atomic E-state index is -0.0467. The van der Waals surface area contributed by atoms with Crippen molar-refractivity contribution in [3.05, 3.63) is 47.6 Å². The Labute approximate surface area is 152 Å². The molecule has 0 radical (unpaired) electrons. The fraction of sp³-hybridized carbons (Fsp3) is 0.421. The number of hydrogen-bond donors (Lipinski definition) is 1. The van der Waals surface area contributed by atoms with Gasteiger partial charge in [0.1, 0.15) is 22.8 Å². The molecular formula is C19H23N5O2. The summed E-state index contributed by atoms with van der Waals surface area (Å²) in [6.45, 7) is 4.85. The van der Waals surface area contributed by atoms with Crippen LogP contribution in [0.25, 0.3) is 11.4 Å². The second-order valence-corrected chi connectivity index (χ2v) is 7.14. The van der Waals surface area contributed by atoms with Gasteiger partial charge < -0.3 is 14.0 Å². The van der Waals surface area contributed by atoms with Gasteiger partial charge in [-0.1, -0.05) is 19.0 Å². The third-order valence-corrected chi connectivity index (χ3v) is 4.99. The van der Waals surface area contributed by atoms with E-state index >= 15 is 0 Å². The molecule has 0 saturated carbocycles. The number of amides is 1. The van der Waals surface area contributed by atoms with Crippen molar-refractivity contribution in [2.45, 2.75) is 38.6 Å². The molecule has 26 heavy (non-hydrogen) atoms. The van der Waals surface area contributed by atoms with Crippen LogP contribution < -0.4 is 0 Å². The van der Waals surface area contributed by atoms with Gasteiger partial charge in [0.15, 0.2) is 0 Å². The molecule has 0 spiro atoms. The van der Waals surface area contributed by atoms with E-state index in [1.165, 1.54) is 0 Å². The summed E-state index contributed by atoms with van der Waals surface area (Å²) in [4.78, 5) is 14.9. The second-order valence-electron chi connectivity index (χ2n) is 7.14. The highest BCUT2D eigenvalue weighted by molar-refractivity contribution is 5.93. The van der Waals surface area contributed by atoms with Gasteiger partial charge >= 0.3 is 0 Å². The topological polar surface area (TPSA) is 80.0 Å². The lowest BCUT2D eigenvalue weighted by atomic mass is 10.1. The monoisotopic (exact) mass is 353 g/mol. The van der Waals surface area contributed by atoms with Crippen LogP contribution in [0, 0.1) is 0 Å². The fourth-order valence-corrected chi connectivity index (χ4v) is 3.49. The summed E-state index contributed by atoms with van der Waals surface area (Å²) in [7, 11) is 1.96. The van der Waals surface area contributed by atoms with E-state index in [1.807, 2.05) is 47.0 Å².